The number of ether oxygens (including phenoxy) is 1. The second kappa shape index (κ2) is 7.17. The van der Waals surface area contributed by atoms with Crippen molar-refractivity contribution < 1.29 is 19.4 Å². The molecule has 1 fully saturated rings. The molecule has 0 saturated carbocycles. The monoisotopic (exact) mass is 362 g/mol. The molecule has 1 aromatic carbocycles. The third-order valence-electron chi connectivity index (χ3n) is 4.33. The van der Waals surface area contributed by atoms with E-state index in [1.165, 1.54) is 0 Å². The minimum absolute atomic E-state index is 0.0355. The van der Waals surface area contributed by atoms with Crippen LogP contribution < -0.4 is 5.32 Å². The molecule has 1 aromatic rings. The van der Waals surface area contributed by atoms with Gasteiger partial charge in [0.15, 0.2) is 0 Å². The van der Waals surface area contributed by atoms with Gasteiger partial charge in [-0.05, 0) is 50.3 Å². The van der Waals surface area contributed by atoms with E-state index in [4.69, 9.17) is 4.74 Å². The van der Waals surface area contributed by atoms with E-state index < -0.39 is 11.7 Å². The lowest BCUT2D eigenvalue weighted by Crippen LogP contribution is -2.36. The fourth-order valence-corrected chi connectivity index (χ4v) is 2.80. The second-order valence-electron chi connectivity index (χ2n) is 8.88. The predicted molar refractivity (Wildman–Crippen MR) is 101 cm³/mol. The number of rotatable bonds is 2. The molecule has 0 bridgehead atoms. The molecule has 1 aliphatic rings. The zero-order chi connectivity index (χ0) is 19.7. The van der Waals surface area contributed by atoms with Gasteiger partial charge in [0.25, 0.3) is 0 Å². The summed E-state index contributed by atoms with van der Waals surface area (Å²) in [6, 6.07) is 5.25. The Bertz CT molecular complexity index is 686. The largest absolute Gasteiger partial charge is 0.506 e. The maximum atomic E-state index is 12.6. The molecule has 0 spiro atoms. The molecule has 1 atom stereocenters. The van der Waals surface area contributed by atoms with Gasteiger partial charge in [0.2, 0.25) is 5.91 Å². The fourth-order valence-electron chi connectivity index (χ4n) is 2.80. The summed E-state index contributed by atoms with van der Waals surface area (Å²) in [6.07, 6.45) is 0.176. The number of likely N-dealkylation sites (tertiary alicyclic amines) is 1. The number of anilines is 1. The van der Waals surface area contributed by atoms with Gasteiger partial charge in [0, 0.05) is 13.1 Å². The van der Waals surface area contributed by atoms with Crippen LogP contribution in [0.1, 0.15) is 53.5 Å². The van der Waals surface area contributed by atoms with Crippen molar-refractivity contribution in [2.75, 3.05) is 18.4 Å². The standard InChI is InChI=1S/C20H30N2O4/c1-19(2,3)14-7-8-16(23)15(11-14)21-17(24)13-9-10-22(12-13)18(25)26-20(4,5)6/h7-8,11,13,23H,9-10,12H2,1-6H3,(H,21,24). The van der Waals surface area contributed by atoms with Crippen molar-refractivity contribution in [2.24, 2.45) is 5.92 Å². The highest BCUT2D eigenvalue weighted by Gasteiger charge is 2.33. The molecule has 0 aliphatic carbocycles. The number of hydrogen-bond acceptors (Lipinski definition) is 4. The van der Waals surface area contributed by atoms with Crippen LogP contribution in [0, 0.1) is 5.92 Å². The molecule has 1 unspecified atom stereocenters. The van der Waals surface area contributed by atoms with Crippen molar-refractivity contribution in [1.82, 2.24) is 4.90 Å². The molecule has 26 heavy (non-hydrogen) atoms. The first-order valence-electron chi connectivity index (χ1n) is 8.99. The average Bonchev–Trinajstić information content (AvgIpc) is 2.96. The highest BCUT2D eigenvalue weighted by Crippen LogP contribution is 2.31. The van der Waals surface area contributed by atoms with Crippen LogP contribution in [0.3, 0.4) is 0 Å². The van der Waals surface area contributed by atoms with Crippen molar-refractivity contribution in [3.63, 3.8) is 0 Å². The third kappa shape index (κ3) is 5.13. The Hall–Kier alpha value is -2.24. The molecule has 0 radical (unpaired) electrons. The number of carbonyl (C=O) groups is 2. The lowest BCUT2D eigenvalue weighted by Gasteiger charge is -2.24. The zero-order valence-electron chi connectivity index (χ0n) is 16.5. The maximum absolute atomic E-state index is 12.6. The van der Waals surface area contributed by atoms with E-state index in [1.54, 1.807) is 17.0 Å². The Labute approximate surface area is 155 Å². The number of nitrogens with one attached hydrogen (secondary N) is 1. The van der Waals surface area contributed by atoms with Crippen molar-refractivity contribution in [3.8, 4) is 5.75 Å². The summed E-state index contributed by atoms with van der Waals surface area (Å²) in [7, 11) is 0. The van der Waals surface area contributed by atoms with Crippen LogP contribution in [0.25, 0.3) is 0 Å². The van der Waals surface area contributed by atoms with Gasteiger partial charge in [-0.2, -0.15) is 0 Å². The first-order valence-corrected chi connectivity index (χ1v) is 8.99. The van der Waals surface area contributed by atoms with Gasteiger partial charge in [-0.1, -0.05) is 26.8 Å². The summed E-state index contributed by atoms with van der Waals surface area (Å²) < 4.78 is 5.36. The Morgan fingerprint density at radius 3 is 2.42 bits per heavy atom. The van der Waals surface area contributed by atoms with E-state index in [0.29, 0.717) is 25.2 Å². The molecule has 2 rings (SSSR count). The van der Waals surface area contributed by atoms with Crippen LogP contribution in [0.5, 0.6) is 5.75 Å². The molecular formula is C20H30N2O4. The Kier molecular flexibility index (Phi) is 5.54. The van der Waals surface area contributed by atoms with Gasteiger partial charge >= 0.3 is 6.09 Å². The summed E-state index contributed by atoms with van der Waals surface area (Å²) in [5, 5.41) is 12.9. The van der Waals surface area contributed by atoms with Gasteiger partial charge in [-0.15, -0.1) is 0 Å². The minimum Gasteiger partial charge on any atom is -0.506 e. The second-order valence-corrected chi connectivity index (χ2v) is 8.88. The molecule has 2 N–H and O–H groups in total. The van der Waals surface area contributed by atoms with E-state index in [9.17, 15) is 14.7 Å². The average molecular weight is 362 g/mol. The number of phenols is 1. The molecule has 6 nitrogen and oxygen atoms in total. The van der Waals surface area contributed by atoms with Crippen molar-refractivity contribution in [2.45, 2.75) is 59.0 Å². The lowest BCUT2D eigenvalue weighted by molar-refractivity contribution is -0.119. The van der Waals surface area contributed by atoms with Crippen molar-refractivity contribution in [3.05, 3.63) is 23.8 Å². The quantitative estimate of drug-likeness (QED) is 0.783. The van der Waals surface area contributed by atoms with E-state index in [2.05, 4.69) is 26.1 Å². The third-order valence-corrected chi connectivity index (χ3v) is 4.33. The SMILES string of the molecule is CC(C)(C)OC(=O)N1CCC(C(=O)Nc2cc(C(C)(C)C)ccc2O)C1. The number of amides is 2. The molecule has 6 heteroatoms. The smallest absolute Gasteiger partial charge is 0.410 e. The number of carbonyl (C=O) groups excluding carboxylic acids is 2. The van der Waals surface area contributed by atoms with E-state index in [-0.39, 0.29) is 23.0 Å². The molecular weight excluding hydrogens is 332 g/mol. The fraction of sp³-hybridized carbons (Fsp3) is 0.600. The number of nitrogens with zero attached hydrogens (tertiary/aromatic N) is 1. The van der Waals surface area contributed by atoms with Crippen LogP contribution in [-0.2, 0) is 14.9 Å². The van der Waals surface area contributed by atoms with Crippen LogP contribution in [-0.4, -0.2) is 40.7 Å². The van der Waals surface area contributed by atoms with E-state index >= 15 is 0 Å². The first-order chi connectivity index (χ1) is 11.9. The van der Waals surface area contributed by atoms with Gasteiger partial charge in [0.05, 0.1) is 11.6 Å². The normalized spacial score (nSPS) is 17.9. The van der Waals surface area contributed by atoms with Gasteiger partial charge in [-0.3, -0.25) is 4.79 Å². The van der Waals surface area contributed by atoms with Gasteiger partial charge in [-0.25, -0.2) is 4.79 Å². The summed E-state index contributed by atoms with van der Waals surface area (Å²) in [6.45, 7) is 12.5. The summed E-state index contributed by atoms with van der Waals surface area (Å²) in [5.41, 5.74) is 0.774. The maximum Gasteiger partial charge on any atom is 0.410 e. The Balaban J connectivity index is 2.02. The zero-order valence-corrected chi connectivity index (χ0v) is 16.5. The summed E-state index contributed by atoms with van der Waals surface area (Å²) in [4.78, 5) is 26.3. The number of hydrogen-bond donors (Lipinski definition) is 2. The minimum atomic E-state index is -0.559. The van der Waals surface area contributed by atoms with E-state index in [1.807, 2.05) is 26.8 Å². The van der Waals surface area contributed by atoms with Crippen molar-refractivity contribution in [1.29, 1.82) is 0 Å². The molecule has 1 aliphatic heterocycles. The van der Waals surface area contributed by atoms with E-state index in [0.717, 1.165) is 5.56 Å². The predicted octanol–water partition coefficient (Wildman–Crippen LogP) is 3.89. The Morgan fingerprint density at radius 1 is 1.19 bits per heavy atom. The van der Waals surface area contributed by atoms with Crippen LogP contribution >= 0.6 is 0 Å². The van der Waals surface area contributed by atoms with Crippen LogP contribution in [0.15, 0.2) is 18.2 Å². The highest BCUT2D eigenvalue weighted by molar-refractivity contribution is 5.94. The number of aromatic hydroxyl groups is 1. The number of benzene rings is 1. The molecule has 2 amide bonds. The molecule has 1 saturated heterocycles. The van der Waals surface area contributed by atoms with Gasteiger partial charge in [0.1, 0.15) is 11.4 Å². The molecule has 144 valence electrons. The van der Waals surface area contributed by atoms with Crippen molar-refractivity contribution >= 4 is 17.7 Å². The topological polar surface area (TPSA) is 78.9 Å². The first kappa shape index (κ1) is 20.1. The lowest BCUT2D eigenvalue weighted by atomic mass is 9.87. The van der Waals surface area contributed by atoms with Crippen LogP contribution in [0.2, 0.25) is 0 Å². The number of phenolic OH excluding ortho intramolecular Hbond substituents is 1. The summed E-state index contributed by atoms with van der Waals surface area (Å²) >= 11 is 0. The summed E-state index contributed by atoms with van der Waals surface area (Å²) in [5.74, 6) is -0.481. The van der Waals surface area contributed by atoms with Gasteiger partial charge < -0.3 is 20.1 Å². The molecule has 1 heterocycles. The Morgan fingerprint density at radius 2 is 1.85 bits per heavy atom. The highest BCUT2D eigenvalue weighted by atomic mass is 16.6. The molecule has 0 aromatic heterocycles. The van der Waals surface area contributed by atoms with Crippen LogP contribution in [0.4, 0.5) is 10.5 Å².